The Morgan fingerprint density at radius 1 is 1.14 bits per heavy atom. The zero-order valence-corrected chi connectivity index (χ0v) is 11.1. The third-order valence-corrected chi connectivity index (χ3v) is 2.92. The molecule has 0 amide bonds. The number of carbonyl (C=O) groups is 1. The fraction of sp³-hybridized carbons (Fsp3) is 0.0667. The Morgan fingerprint density at radius 2 is 1.95 bits per heavy atom. The van der Waals surface area contributed by atoms with Gasteiger partial charge in [-0.25, -0.2) is 4.79 Å². The van der Waals surface area contributed by atoms with Gasteiger partial charge in [0.1, 0.15) is 5.69 Å². The Kier molecular flexibility index (Phi) is 3.19. The molecule has 6 nitrogen and oxygen atoms in total. The Morgan fingerprint density at radius 3 is 2.71 bits per heavy atom. The quantitative estimate of drug-likeness (QED) is 0.794. The number of nitrogens with zero attached hydrogens (tertiary/aromatic N) is 3. The van der Waals surface area contributed by atoms with E-state index in [4.69, 9.17) is 9.52 Å². The minimum absolute atomic E-state index is 0.168. The molecule has 0 saturated carbocycles. The van der Waals surface area contributed by atoms with Crippen LogP contribution >= 0.6 is 0 Å². The highest BCUT2D eigenvalue weighted by molar-refractivity contribution is 5.88. The van der Waals surface area contributed by atoms with E-state index in [0.717, 1.165) is 5.56 Å². The first-order valence-corrected chi connectivity index (χ1v) is 6.24. The molecule has 0 radical (unpaired) electrons. The second-order valence-corrected chi connectivity index (χ2v) is 4.52. The highest BCUT2D eigenvalue weighted by Gasteiger charge is 2.13. The summed E-state index contributed by atoms with van der Waals surface area (Å²) >= 11 is 0. The molecule has 0 unspecified atom stereocenters. The molecule has 0 saturated heterocycles. The first kappa shape index (κ1) is 13.0. The molecule has 0 aliphatic heterocycles. The van der Waals surface area contributed by atoms with Crippen LogP contribution in [0, 0.1) is 6.92 Å². The molecule has 0 bridgehead atoms. The van der Waals surface area contributed by atoms with Crippen molar-refractivity contribution >= 4 is 5.97 Å². The average Bonchev–Trinajstić information content (AvgIpc) is 2.97. The lowest BCUT2D eigenvalue weighted by atomic mass is 10.1. The molecule has 6 heteroatoms. The molecule has 21 heavy (non-hydrogen) atoms. The Balaban J connectivity index is 1.98. The van der Waals surface area contributed by atoms with Crippen LogP contribution in [0.15, 0.2) is 47.0 Å². The van der Waals surface area contributed by atoms with E-state index < -0.39 is 5.97 Å². The van der Waals surface area contributed by atoms with Gasteiger partial charge in [0, 0.05) is 11.8 Å². The van der Waals surface area contributed by atoms with Gasteiger partial charge in [0.2, 0.25) is 5.89 Å². The molecular formula is C15H11N3O3. The van der Waals surface area contributed by atoms with Crippen molar-refractivity contribution in [3.8, 4) is 23.0 Å². The first-order valence-electron chi connectivity index (χ1n) is 6.24. The second kappa shape index (κ2) is 5.16. The minimum atomic E-state index is -1.00. The topological polar surface area (TPSA) is 89.1 Å². The molecule has 0 fully saturated rings. The average molecular weight is 281 g/mol. The molecule has 1 aromatic carbocycles. The van der Waals surface area contributed by atoms with Crippen LogP contribution in [-0.4, -0.2) is 26.3 Å². The van der Waals surface area contributed by atoms with Crippen molar-refractivity contribution in [1.29, 1.82) is 0 Å². The van der Waals surface area contributed by atoms with Crippen molar-refractivity contribution in [2.24, 2.45) is 0 Å². The molecular weight excluding hydrogens is 270 g/mol. The van der Waals surface area contributed by atoms with Crippen molar-refractivity contribution in [3.63, 3.8) is 0 Å². The highest BCUT2D eigenvalue weighted by Crippen LogP contribution is 2.23. The number of aromatic carboxylic acids is 1. The Bertz CT molecular complexity index is 811. The van der Waals surface area contributed by atoms with E-state index in [1.807, 2.05) is 19.1 Å². The van der Waals surface area contributed by atoms with E-state index >= 15 is 0 Å². The lowest BCUT2D eigenvalue weighted by molar-refractivity contribution is 0.0697. The zero-order valence-electron chi connectivity index (χ0n) is 11.1. The Hall–Kier alpha value is -3.02. The van der Waals surface area contributed by atoms with E-state index in [9.17, 15) is 4.79 Å². The number of carboxylic acids is 1. The first-order chi connectivity index (χ1) is 10.1. The normalized spacial score (nSPS) is 10.5. The number of hydrogen-bond donors (Lipinski definition) is 1. The van der Waals surface area contributed by atoms with Crippen LogP contribution in [0.4, 0.5) is 0 Å². The maximum atomic E-state index is 11.0. The Labute approximate surface area is 120 Å². The molecule has 0 aliphatic rings. The van der Waals surface area contributed by atoms with Crippen molar-refractivity contribution in [3.05, 3.63) is 53.7 Å². The summed E-state index contributed by atoms with van der Waals surface area (Å²) in [6.07, 6.45) is 1.67. The molecule has 2 aromatic heterocycles. The molecule has 1 N–H and O–H groups in total. The van der Waals surface area contributed by atoms with Crippen LogP contribution in [0.2, 0.25) is 0 Å². The molecule has 2 heterocycles. The summed E-state index contributed by atoms with van der Waals surface area (Å²) in [5.41, 5.74) is 2.35. The summed E-state index contributed by atoms with van der Waals surface area (Å²) in [5, 5.41) is 16.9. The number of hydrogen-bond acceptors (Lipinski definition) is 5. The van der Waals surface area contributed by atoms with Gasteiger partial charge in [-0.15, -0.1) is 10.2 Å². The van der Waals surface area contributed by atoms with Gasteiger partial charge in [-0.1, -0.05) is 6.07 Å². The van der Waals surface area contributed by atoms with Gasteiger partial charge in [-0.3, -0.25) is 4.98 Å². The fourth-order valence-electron chi connectivity index (χ4n) is 1.88. The van der Waals surface area contributed by atoms with E-state index in [2.05, 4.69) is 15.2 Å². The molecule has 3 rings (SSSR count). The number of aromatic nitrogens is 3. The van der Waals surface area contributed by atoms with Crippen LogP contribution in [-0.2, 0) is 0 Å². The van der Waals surface area contributed by atoms with Crippen LogP contribution in [0.5, 0.6) is 0 Å². The predicted octanol–water partition coefficient (Wildman–Crippen LogP) is 2.81. The summed E-state index contributed by atoms with van der Waals surface area (Å²) < 4.78 is 5.57. The summed E-state index contributed by atoms with van der Waals surface area (Å²) in [7, 11) is 0. The highest BCUT2D eigenvalue weighted by atomic mass is 16.4. The lowest BCUT2D eigenvalue weighted by Crippen LogP contribution is -1.95. The predicted molar refractivity (Wildman–Crippen MR) is 74.7 cm³/mol. The van der Waals surface area contributed by atoms with Crippen molar-refractivity contribution < 1.29 is 14.3 Å². The van der Waals surface area contributed by atoms with Crippen LogP contribution in [0.1, 0.15) is 15.9 Å². The SMILES string of the molecule is Cc1ccnc(-c2nnc(-c3cccc(C(=O)O)c3)o2)c1. The van der Waals surface area contributed by atoms with Gasteiger partial charge < -0.3 is 9.52 Å². The van der Waals surface area contributed by atoms with Gasteiger partial charge in [0.15, 0.2) is 0 Å². The number of aryl methyl sites for hydroxylation is 1. The third kappa shape index (κ3) is 2.64. The van der Waals surface area contributed by atoms with E-state index in [1.54, 1.807) is 18.3 Å². The van der Waals surface area contributed by atoms with Gasteiger partial charge in [-0.05, 0) is 42.8 Å². The molecule has 0 spiro atoms. The molecule has 104 valence electrons. The van der Waals surface area contributed by atoms with E-state index in [0.29, 0.717) is 17.1 Å². The summed E-state index contributed by atoms with van der Waals surface area (Å²) in [6, 6.07) is 10.1. The van der Waals surface area contributed by atoms with Crippen molar-refractivity contribution in [2.45, 2.75) is 6.92 Å². The number of benzene rings is 1. The minimum Gasteiger partial charge on any atom is -0.478 e. The van der Waals surface area contributed by atoms with Gasteiger partial charge in [0.05, 0.1) is 5.56 Å². The van der Waals surface area contributed by atoms with E-state index in [1.165, 1.54) is 12.1 Å². The molecule has 3 aromatic rings. The molecule has 0 atom stereocenters. The van der Waals surface area contributed by atoms with Crippen LogP contribution < -0.4 is 0 Å². The number of pyridine rings is 1. The standard InChI is InChI=1S/C15H11N3O3/c1-9-5-6-16-12(7-9)14-18-17-13(21-14)10-3-2-4-11(8-10)15(19)20/h2-8H,1H3,(H,19,20). The lowest BCUT2D eigenvalue weighted by Gasteiger charge is -1.97. The fourth-order valence-corrected chi connectivity index (χ4v) is 1.88. The summed E-state index contributed by atoms with van der Waals surface area (Å²) in [5.74, 6) is -0.442. The van der Waals surface area contributed by atoms with Gasteiger partial charge in [0.25, 0.3) is 5.89 Å². The third-order valence-electron chi connectivity index (χ3n) is 2.92. The monoisotopic (exact) mass is 281 g/mol. The van der Waals surface area contributed by atoms with Gasteiger partial charge >= 0.3 is 5.97 Å². The summed E-state index contributed by atoms with van der Waals surface area (Å²) in [6.45, 7) is 1.94. The smallest absolute Gasteiger partial charge is 0.335 e. The van der Waals surface area contributed by atoms with Crippen molar-refractivity contribution in [1.82, 2.24) is 15.2 Å². The number of carboxylic acid groups (broad SMARTS) is 1. The second-order valence-electron chi connectivity index (χ2n) is 4.52. The van der Waals surface area contributed by atoms with Gasteiger partial charge in [-0.2, -0.15) is 0 Å². The van der Waals surface area contributed by atoms with Crippen molar-refractivity contribution in [2.75, 3.05) is 0 Å². The largest absolute Gasteiger partial charge is 0.478 e. The van der Waals surface area contributed by atoms with Crippen LogP contribution in [0.3, 0.4) is 0 Å². The zero-order chi connectivity index (χ0) is 14.8. The maximum Gasteiger partial charge on any atom is 0.335 e. The van der Waals surface area contributed by atoms with E-state index in [-0.39, 0.29) is 11.5 Å². The summed E-state index contributed by atoms with van der Waals surface area (Å²) in [4.78, 5) is 15.1. The number of rotatable bonds is 3. The maximum absolute atomic E-state index is 11.0. The molecule has 0 aliphatic carbocycles. The van der Waals surface area contributed by atoms with Crippen LogP contribution in [0.25, 0.3) is 23.0 Å².